The lowest BCUT2D eigenvalue weighted by atomic mass is 10.0. The number of nitrogens with one attached hydrogen (secondary N) is 2. The summed E-state index contributed by atoms with van der Waals surface area (Å²) >= 11 is 3.41. The molecule has 31 heavy (non-hydrogen) atoms. The van der Waals surface area contributed by atoms with Crippen LogP contribution in [0.3, 0.4) is 0 Å². The number of urea groups is 1. The van der Waals surface area contributed by atoms with Gasteiger partial charge < -0.3 is 9.80 Å². The molecule has 0 saturated carbocycles. The van der Waals surface area contributed by atoms with E-state index in [0.29, 0.717) is 12.5 Å². The highest BCUT2D eigenvalue weighted by Crippen LogP contribution is 2.26. The summed E-state index contributed by atoms with van der Waals surface area (Å²) in [5.41, 5.74) is 7.23. The van der Waals surface area contributed by atoms with E-state index in [-0.39, 0.29) is 5.91 Å². The molecule has 2 N–H and O–H groups in total. The SMILES string of the molecule is Cc1ccc(C)c(CN2C(N/N=C/c3ccc(Br)cc3)=NC3C2C(=O)NC(=O)N3C)c1. The van der Waals surface area contributed by atoms with Crippen LogP contribution in [-0.2, 0) is 11.3 Å². The smallest absolute Gasteiger partial charge is 0.321 e. The summed E-state index contributed by atoms with van der Waals surface area (Å²) in [5.74, 6) is 0.0804. The van der Waals surface area contributed by atoms with Gasteiger partial charge in [0.15, 0.2) is 12.2 Å². The van der Waals surface area contributed by atoms with Crippen LogP contribution in [0.1, 0.15) is 22.3 Å². The van der Waals surface area contributed by atoms with Crippen LogP contribution in [-0.4, -0.2) is 53.2 Å². The van der Waals surface area contributed by atoms with Crippen LogP contribution in [0.5, 0.6) is 0 Å². The van der Waals surface area contributed by atoms with Crippen LogP contribution in [0.15, 0.2) is 57.0 Å². The van der Waals surface area contributed by atoms with Crippen molar-refractivity contribution >= 4 is 40.0 Å². The van der Waals surface area contributed by atoms with Crippen LogP contribution in [0.2, 0.25) is 0 Å². The largest absolute Gasteiger partial charge is 0.325 e. The molecule has 0 bridgehead atoms. The third-order valence-electron chi connectivity index (χ3n) is 5.45. The fourth-order valence-corrected chi connectivity index (χ4v) is 3.92. The summed E-state index contributed by atoms with van der Waals surface area (Å²) in [7, 11) is 1.63. The van der Waals surface area contributed by atoms with Crippen LogP contribution in [0.25, 0.3) is 0 Å². The summed E-state index contributed by atoms with van der Waals surface area (Å²) in [4.78, 5) is 32.7. The number of likely N-dealkylation sites (N-methyl/N-ethyl adjacent to an activating group) is 1. The number of nitrogens with zero attached hydrogens (tertiary/aromatic N) is 4. The van der Waals surface area contributed by atoms with Gasteiger partial charge in [0, 0.05) is 18.1 Å². The highest BCUT2D eigenvalue weighted by atomic mass is 79.9. The van der Waals surface area contributed by atoms with Crippen molar-refractivity contribution in [2.45, 2.75) is 32.6 Å². The Hall–Kier alpha value is -3.20. The zero-order valence-electron chi connectivity index (χ0n) is 17.5. The summed E-state index contributed by atoms with van der Waals surface area (Å²) < 4.78 is 0.986. The Morgan fingerprint density at radius 3 is 2.68 bits per heavy atom. The quantitative estimate of drug-likeness (QED) is 0.517. The minimum atomic E-state index is -0.631. The van der Waals surface area contributed by atoms with Crippen molar-refractivity contribution in [1.82, 2.24) is 20.5 Å². The number of carbonyl (C=O) groups is 2. The molecule has 9 heteroatoms. The van der Waals surface area contributed by atoms with Crippen molar-refractivity contribution in [3.8, 4) is 0 Å². The van der Waals surface area contributed by atoms with Gasteiger partial charge in [0.05, 0.1) is 6.21 Å². The Bertz CT molecular complexity index is 1080. The highest BCUT2D eigenvalue weighted by molar-refractivity contribution is 9.10. The molecule has 0 aromatic heterocycles. The number of imide groups is 1. The van der Waals surface area contributed by atoms with E-state index in [0.717, 1.165) is 26.7 Å². The number of carbonyl (C=O) groups excluding carboxylic acids is 2. The summed E-state index contributed by atoms with van der Waals surface area (Å²) in [6.07, 6.45) is 1.07. The maximum atomic E-state index is 12.7. The van der Waals surface area contributed by atoms with E-state index in [2.05, 4.69) is 55.0 Å². The van der Waals surface area contributed by atoms with E-state index >= 15 is 0 Å². The van der Waals surface area contributed by atoms with Gasteiger partial charge in [-0.25, -0.2) is 15.2 Å². The van der Waals surface area contributed by atoms with Crippen molar-refractivity contribution < 1.29 is 9.59 Å². The van der Waals surface area contributed by atoms with E-state index in [9.17, 15) is 9.59 Å². The minimum Gasteiger partial charge on any atom is -0.321 e. The standard InChI is InChI=1S/C22H23BrN6O2/c1-13-4-5-14(2)16(10-13)12-29-18-19(28(3)22(31)26-20(18)30)25-21(29)27-24-11-15-6-8-17(23)9-7-15/h4-11,18-19H,12H2,1-3H3,(H,25,27)(H,26,30,31)/b24-11+. The van der Waals surface area contributed by atoms with Gasteiger partial charge in [-0.2, -0.15) is 5.10 Å². The second-order valence-electron chi connectivity index (χ2n) is 7.70. The first-order valence-electron chi connectivity index (χ1n) is 9.86. The van der Waals surface area contributed by atoms with Gasteiger partial charge in [-0.1, -0.05) is 51.8 Å². The molecule has 8 nitrogen and oxygen atoms in total. The number of fused-ring (bicyclic) bond motifs is 1. The minimum absolute atomic E-state index is 0.365. The molecule has 1 fully saturated rings. The van der Waals surface area contributed by atoms with Gasteiger partial charge >= 0.3 is 6.03 Å². The number of rotatable bonds is 4. The van der Waals surface area contributed by atoms with Gasteiger partial charge in [0.1, 0.15) is 0 Å². The summed E-state index contributed by atoms with van der Waals surface area (Å²) in [6.45, 7) is 4.53. The molecular weight excluding hydrogens is 460 g/mol. The number of hydrogen-bond donors (Lipinski definition) is 2. The molecule has 2 aliphatic heterocycles. The lowest BCUT2D eigenvalue weighted by Gasteiger charge is -2.36. The van der Waals surface area contributed by atoms with E-state index in [1.54, 1.807) is 13.3 Å². The average Bonchev–Trinajstić information content (AvgIpc) is 3.09. The average molecular weight is 483 g/mol. The fourth-order valence-electron chi connectivity index (χ4n) is 3.66. The zero-order valence-corrected chi connectivity index (χ0v) is 19.0. The molecule has 1 saturated heterocycles. The normalized spacial score (nSPS) is 20.7. The lowest BCUT2D eigenvalue weighted by Crippen LogP contribution is -2.63. The third kappa shape index (κ3) is 4.32. The fraction of sp³-hybridized carbons (Fsp3) is 0.273. The number of hydrazone groups is 1. The van der Waals surface area contributed by atoms with Crippen molar-refractivity contribution in [1.29, 1.82) is 0 Å². The molecule has 4 rings (SSSR count). The number of aryl methyl sites for hydroxylation is 2. The Balaban J connectivity index is 1.62. The van der Waals surface area contributed by atoms with E-state index in [1.165, 1.54) is 4.90 Å². The molecule has 2 heterocycles. The van der Waals surface area contributed by atoms with Gasteiger partial charge in [0.2, 0.25) is 5.96 Å². The maximum Gasteiger partial charge on any atom is 0.325 e. The molecular formula is C22H23BrN6O2. The van der Waals surface area contributed by atoms with E-state index in [1.807, 2.05) is 43.0 Å². The second-order valence-corrected chi connectivity index (χ2v) is 8.61. The molecule has 2 unspecified atom stereocenters. The first kappa shape index (κ1) is 21.0. The van der Waals surface area contributed by atoms with E-state index < -0.39 is 18.2 Å². The molecule has 0 spiro atoms. The Kier molecular flexibility index (Phi) is 5.77. The zero-order chi connectivity index (χ0) is 22.1. The topological polar surface area (TPSA) is 89.4 Å². The summed E-state index contributed by atoms with van der Waals surface area (Å²) in [6, 6.07) is 12.8. The molecule has 0 aliphatic carbocycles. The maximum absolute atomic E-state index is 12.7. The van der Waals surface area contributed by atoms with Crippen LogP contribution >= 0.6 is 15.9 Å². The first-order valence-corrected chi connectivity index (χ1v) is 10.7. The molecule has 2 aromatic carbocycles. The number of guanidine groups is 1. The third-order valence-corrected chi connectivity index (χ3v) is 5.98. The van der Waals surface area contributed by atoms with E-state index in [4.69, 9.17) is 0 Å². The number of amides is 3. The molecule has 2 aliphatic rings. The second kappa shape index (κ2) is 8.50. The Morgan fingerprint density at radius 2 is 1.94 bits per heavy atom. The van der Waals surface area contributed by atoms with Gasteiger partial charge in [-0.3, -0.25) is 10.1 Å². The van der Waals surface area contributed by atoms with Crippen molar-refractivity contribution in [3.05, 3.63) is 69.2 Å². The number of aliphatic imine (C=N–C) groups is 1. The van der Waals surface area contributed by atoms with Crippen LogP contribution in [0.4, 0.5) is 4.79 Å². The van der Waals surface area contributed by atoms with Crippen molar-refractivity contribution in [2.24, 2.45) is 10.1 Å². The van der Waals surface area contributed by atoms with Gasteiger partial charge in [-0.15, -0.1) is 0 Å². The monoisotopic (exact) mass is 482 g/mol. The molecule has 0 radical (unpaired) electrons. The van der Waals surface area contributed by atoms with Crippen LogP contribution < -0.4 is 10.7 Å². The molecule has 2 atom stereocenters. The van der Waals surface area contributed by atoms with Gasteiger partial charge in [0.25, 0.3) is 5.91 Å². The van der Waals surface area contributed by atoms with Crippen molar-refractivity contribution in [3.63, 3.8) is 0 Å². The highest BCUT2D eigenvalue weighted by Gasteiger charge is 2.48. The Labute approximate surface area is 189 Å². The lowest BCUT2D eigenvalue weighted by molar-refractivity contribution is -0.127. The predicted octanol–water partition coefficient (Wildman–Crippen LogP) is 2.74. The Morgan fingerprint density at radius 1 is 1.19 bits per heavy atom. The number of benzene rings is 2. The molecule has 160 valence electrons. The molecule has 3 amide bonds. The summed E-state index contributed by atoms with van der Waals surface area (Å²) in [5, 5.41) is 6.73. The van der Waals surface area contributed by atoms with Crippen LogP contribution in [0, 0.1) is 13.8 Å². The number of halogens is 1. The van der Waals surface area contributed by atoms with Gasteiger partial charge in [-0.05, 0) is 42.7 Å². The van der Waals surface area contributed by atoms with Crippen molar-refractivity contribution in [2.75, 3.05) is 7.05 Å². The molecule has 2 aromatic rings. The first-order chi connectivity index (χ1) is 14.8. The predicted molar refractivity (Wildman–Crippen MR) is 123 cm³/mol. The number of hydrogen-bond acceptors (Lipinski definition) is 6.